The average Bonchev–Trinajstić information content (AvgIpc) is 3.68. The van der Waals surface area contributed by atoms with Gasteiger partial charge in [0.25, 0.3) is 0 Å². The van der Waals surface area contributed by atoms with Crippen LogP contribution in [0.3, 0.4) is 0 Å². The first-order chi connectivity index (χ1) is 28.4. The molecule has 0 heterocycles. The highest BCUT2D eigenvalue weighted by Gasteiger charge is 2.25. The van der Waals surface area contributed by atoms with Gasteiger partial charge in [0.1, 0.15) is 0 Å². The molecular weight excluding hydrogens is 754 g/mol. The first-order valence-electron chi connectivity index (χ1n) is 21.1. The van der Waals surface area contributed by atoms with E-state index in [9.17, 15) is 14.4 Å². The zero-order chi connectivity index (χ0) is 41.0. The Morgan fingerprint density at radius 1 is 0.638 bits per heavy atom. The number of unbranched alkanes of at least 4 members (excludes halogenated alkanes) is 4. The van der Waals surface area contributed by atoms with Crippen molar-refractivity contribution in [1.82, 2.24) is 15.5 Å². The number of alkyl halides is 1. The van der Waals surface area contributed by atoms with Gasteiger partial charge in [-0.25, -0.2) is 0 Å². The molecule has 1 aliphatic rings. The highest BCUT2D eigenvalue weighted by Crippen LogP contribution is 2.26. The molecule has 0 radical (unpaired) electrons. The van der Waals surface area contributed by atoms with Gasteiger partial charge in [0.15, 0.2) is 0 Å². The minimum atomic E-state index is -0.226. The van der Waals surface area contributed by atoms with E-state index in [1.807, 2.05) is 24.3 Å². The summed E-state index contributed by atoms with van der Waals surface area (Å²) < 4.78 is 11.0. The molecule has 0 atom stereocenters. The van der Waals surface area contributed by atoms with Gasteiger partial charge in [-0.1, -0.05) is 44.0 Å². The van der Waals surface area contributed by atoms with Crippen molar-refractivity contribution >= 4 is 52.1 Å². The molecule has 13 heteroatoms. The topological polar surface area (TPSA) is 146 Å². The first-order valence-corrected chi connectivity index (χ1v) is 21.7. The van der Waals surface area contributed by atoms with Crippen LogP contribution >= 0.6 is 11.6 Å². The number of amides is 3. The lowest BCUT2D eigenvalue weighted by Gasteiger charge is -2.28. The molecule has 0 saturated carbocycles. The second kappa shape index (κ2) is 28.1. The largest absolute Gasteiger partial charge is 0.385 e. The second-order valence-electron chi connectivity index (χ2n) is 14.6. The van der Waals surface area contributed by atoms with Crippen LogP contribution in [0.1, 0.15) is 82.3 Å². The third kappa shape index (κ3) is 18.9. The van der Waals surface area contributed by atoms with Gasteiger partial charge in [0.05, 0.1) is 37.6 Å². The van der Waals surface area contributed by atoms with Gasteiger partial charge < -0.3 is 30.7 Å². The number of halogens is 1. The number of azo groups is 1. The summed E-state index contributed by atoms with van der Waals surface area (Å²) in [4.78, 5) is 39.0. The molecule has 1 aliphatic carbocycles. The first kappa shape index (κ1) is 46.3. The van der Waals surface area contributed by atoms with E-state index in [0.29, 0.717) is 49.6 Å². The van der Waals surface area contributed by atoms with Crippen molar-refractivity contribution in [2.24, 2.45) is 10.2 Å². The van der Waals surface area contributed by atoms with Crippen LogP contribution in [-0.4, -0.2) is 93.7 Å². The number of nitrogens with zero attached hydrogens (tertiary/aromatic N) is 3. The molecule has 3 aromatic rings. The summed E-state index contributed by atoms with van der Waals surface area (Å²) in [6, 6.07) is 24.6. The van der Waals surface area contributed by atoms with Crippen molar-refractivity contribution < 1.29 is 23.9 Å². The Kier molecular flexibility index (Phi) is 22.5. The number of benzene rings is 3. The lowest BCUT2D eigenvalue weighted by Crippen LogP contribution is -2.37. The number of nitrogens with one attached hydrogen (secondary N) is 4. The molecule has 0 saturated heterocycles. The smallest absolute Gasteiger partial charge is 0.226 e. The summed E-state index contributed by atoms with van der Waals surface area (Å²) in [5, 5.41) is 20.6. The van der Waals surface area contributed by atoms with Gasteiger partial charge in [0.2, 0.25) is 17.7 Å². The fraction of sp³-hybridized carbons (Fsp3) is 0.533. The molecule has 3 amide bonds. The van der Waals surface area contributed by atoms with Gasteiger partial charge in [-0.2, -0.15) is 10.2 Å². The molecule has 316 valence electrons. The van der Waals surface area contributed by atoms with Gasteiger partial charge in [-0.05, 0) is 118 Å². The van der Waals surface area contributed by atoms with Crippen LogP contribution < -0.4 is 21.3 Å². The zero-order valence-corrected chi connectivity index (χ0v) is 35.1. The predicted molar refractivity (Wildman–Crippen MR) is 234 cm³/mol. The summed E-state index contributed by atoms with van der Waals surface area (Å²) in [7, 11) is 0. The van der Waals surface area contributed by atoms with Gasteiger partial charge >= 0.3 is 0 Å². The number of ether oxygens (including phenoxy) is 2. The number of fused-ring (bicyclic) bond motifs is 1. The number of carbonyl (C=O) groups excluding carboxylic acids is 3. The lowest BCUT2D eigenvalue weighted by atomic mass is 10.1. The highest BCUT2D eigenvalue weighted by molar-refractivity contribution is 6.17. The van der Waals surface area contributed by atoms with Crippen LogP contribution in [0.2, 0.25) is 0 Å². The number of hydrogen-bond donors (Lipinski definition) is 4. The van der Waals surface area contributed by atoms with E-state index < -0.39 is 0 Å². The summed E-state index contributed by atoms with van der Waals surface area (Å²) in [5.74, 6) is 0.100. The quantitative estimate of drug-likeness (QED) is 0.0301. The normalized spacial score (nSPS) is 12.5. The molecule has 0 bridgehead atoms. The number of rotatable bonds is 30. The van der Waals surface area contributed by atoms with Crippen LogP contribution in [0.25, 0.3) is 0 Å². The average molecular weight is 819 g/mol. The molecule has 0 spiro atoms. The maximum absolute atomic E-state index is 12.4. The zero-order valence-electron chi connectivity index (χ0n) is 34.3. The van der Waals surface area contributed by atoms with Crippen LogP contribution in [0.15, 0.2) is 83.0 Å². The summed E-state index contributed by atoms with van der Waals surface area (Å²) in [6.07, 6.45) is 10.4. The van der Waals surface area contributed by atoms with Crippen LogP contribution in [0, 0.1) is 0 Å². The Balaban J connectivity index is 0.992. The second-order valence-corrected chi connectivity index (χ2v) is 15.0. The van der Waals surface area contributed by atoms with Crippen LogP contribution in [0.4, 0.5) is 22.7 Å². The van der Waals surface area contributed by atoms with Gasteiger partial charge in [-0.3, -0.25) is 19.3 Å². The maximum atomic E-state index is 12.4. The third-order valence-corrected chi connectivity index (χ3v) is 10.2. The summed E-state index contributed by atoms with van der Waals surface area (Å²) in [5.41, 5.74) is 6.19. The Labute approximate surface area is 350 Å². The Bertz CT molecular complexity index is 1630. The monoisotopic (exact) mass is 817 g/mol. The van der Waals surface area contributed by atoms with Crippen molar-refractivity contribution in [2.75, 3.05) is 75.7 Å². The number of carbonyl (C=O) groups is 3. The van der Waals surface area contributed by atoms with Gasteiger partial charge in [-0.15, -0.1) is 11.6 Å². The third-order valence-electron chi connectivity index (χ3n) is 9.92. The lowest BCUT2D eigenvalue weighted by molar-refractivity contribution is -0.126. The Morgan fingerprint density at radius 3 is 1.83 bits per heavy atom. The van der Waals surface area contributed by atoms with Crippen molar-refractivity contribution in [3.8, 4) is 0 Å². The molecule has 58 heavy (non-hydrogen) atoms. The number of hydrogen-bond acceptors (Lipinski definition) is 9. The predicted octanol–water partition coefficient (Wildman–Crippen LogP) is 8.35. The maximum Gasteiger partial charge on any atom is 0.226 e. The molecule has 0 aromatic heterocycles. The van der Waals surface area contributed by atoms with Gasteiger partial charge in [0, 0.05) is 62.4 Å². The molecular formula is C45H64ClN7O5. The van der Waals surface area contributed by atoms with Crippen LogP contribution in [0.5, 0.6) is 0 Å². The Hall–Kier alpha value is -4.36. The SMILES string of the molecule is CCCN(CCCCNc1ccc(N=Nc2ccc(NC(=O)CCOCCNC(=O)CCC(=O)NCCOCCCCCCCl)cc2)cc1)C1Cc2ccccc2C1. The van der Waals surface area contributed by atoms with E-state index in [4.69, 9.17) is 21.1 Å². The molecule has 4 rings (SSSR count). The number of anilines is 2. The van der Waals surface area contributed by atoms with Crippen molar-refractivity contribution in [3.63, 3.8) is 0 Å². The van der Waals surface area contributed by atoms with Crippen molar-refractivity contribution in [3.05, 3.63) is 83.9 Å². The summed E-state index contributed by atoms with van der Waals surface area (Å²) in [6.45, 7) is 7.83. The molecule has 12 nitrogen and oxygen atoms in total. The molecule has 0 fully saturated rings. The van der Waals surface area contributed by atoms with E-state index >= 15 is 0 Å². The fourth-order valence-corrected chi connectivity index (χ4v) is 6.97. The molecule has 3 aromatic carbocycles. The molecule has 4 N–H and O–H groups in total. The minimum Gasteiger partial charge on any atom is -0.385 e. The van der Waals surface area contributed by atoms with E-state index in [-0.39, 0.29) is 50.2 Å². The van der Waals surface area contributed by atoms with Crippen molar-refractivity contribution in [2.45, 2.75) is 90.0 Å². The highest BCUT2D eigenvalue weighted by atomic mass is 35.5. The Morgan fingerprint density at radius 2 is 1.22 bits per heavy atom. The van der Waals surface area contributed by atoms with E-state index in [2.05, 4.69) is 67.6 Å². The van der Waals surface area contributed by atoms with E-state index in [1.54, 1.807) is 24.3 Å². The van der Waals surface area contributed by atoms with Crippen molar-refractivity contribution in [1.29, 1.82) is 0 Å². The minimum absolute atomic E-state index is 0.0942. The fourth-order valence-electron chi connectivity index (χ4n) is 6.78. The molecule has 0 aliphatic heterocycles. The van der Waals surface area contributed by atoms with E-state index in [0.717, 1.165) is 63.1 Å². The molecule has 0 unspecified atom stereocenters. The summed E-state index contributed by atoms with van der Waals surface area (Å²) >= 11 is 5.66. The van der Waals surface area contributed by atoms with Crippen LogP contribution in [-0.2, 0) is 36.7 Å². The standard InChI is InChI=1S/C45H64ClN7O5/c1-2-28-53(42-34-36-11-5-6-12-37(36)35-42)29-9-8-25-47-38-13-17-40(18-14-38)51-52-41-19-15-39(16-20-41)50-45(56)23-31-58-33-27-49-44(55)22-21-43(54)48-26-32-57-30-10-4-3-7-24-46/h5-6,11-20,42,47H,2-4,7-10,21-35H2,1H3,(H,48,54)(H,49,55)(H,50,56). The van der Waals surface area contributed by atoms with E-state index in [1.165, 1.54) is 36.8 Å².